The second-order valence-electron chi connectivity index (χ2n) is 5.92. The number of esters is 1. The Hall–Kier alpha value is -3.35. The molecular weight excluding hydrogens is 351 g/mol. The number of carbonyl (C=O) groups excluding carboxylic acids is 2. The zero-order chi connectivity index (χ0) is 19.2. The summed E-state index contributed by atoms with van der Waals surface area (Å²) in [5.74, 6) is -0.388. The molecule has 0 saturated carbocycles. The Morgan fingerprint density at radius 1 is 1.11 bits per heavy atom. The van der Waals surface area contributed by atoms with Crippen LogP contribution < -0.4 is 15.4 Å². The number of para-hydroxylation sites is 1. The second-order valence-corrected chi connectivity index (χ2v) is 5.92. The van der Waals surface area contributed by atoms with Gasteiger partial charge in [0.1, 0.15) is 24.8 Å². The second kappa shape index (κ2) is 8.35. The van der Waals surface area contributed by atoms with Gasteiger partial charge < -0.3 is 20.1 Å². The van der Waals surface area contributed by atoms with E-state index in [2.05, 4.69) is 10.6 Å². The first-order valence-electron chi connectivity index (χ1n) is 8.43. The Morgan fingerprint density at radius 2 is 1.89 bits per heavy atom. The number of hydrogen-bond acceptors (Lipinski definition) is 4. The van der Waals surface area contributed by atoms with Crippen LogP contribution >= 0.6 is 0 Å². The first-order valence-corrected chi connectivity index (χ1v) is 8.43. The van der Waals surface area contributed by atoms with Crippen LogP contribution in [0.15, 0.2) is 65.9 Å². The van der Waals surface area contributed by atoms with Gasteiger partial charge in [0.25, 0.3) is 0 Å². The van der Waals surface area contributed by atoms with Crippen LogP contribution in [0.4, 0.5) is 9.18 Å². The number of ether oxygens (including phenoxy) is 2. The standard InChI is InChI=1S/C20H19FN2O4/c1-13-17(19(24)27-11-10-26-16-8-3-2-4-9-16)18(23-20(25)22-13)14-6-5-7-15(21)12-14/h2-9,12,18H,10-11H2,1H3,(H2,22,23,25)/t18-/m1/s1. The number of benzene rings is 2. The molecule has 0 fully saturated rings. The van der Waals surface area contributed by atoms with Gasteiger partial charge in [0, 0.05) is 5.70 Å². The van der Waals surface area contributed by atoms with Crippen LogP contribution in [0.1, 0.15) is 18.5 Å². The van der Waals surface area contributed by atoms with E-state index in [-0.39, 0.29) is 18.8 Å². The molecule has 7 heteroatoms. The van der Waals surface area contributed by atoms with E-state index in [9.17, 15) is 14.0 Å². The lowest BCUT2D eigenvalue weighted by molar-refractivity contribution is -0.140. The summed E-state index contributed by atoms with van der Waals surface area (Å²) in [6.07, 6.45) is 0. The molecule has 0 radical (unpaired) electrons. The Kier molecular flexibility index (Phi) is 5.71. The van der Waals surface area contributed by atoms with Crippen LogP contribution in [-0.2, 0) is 9.53 Å². The molecule has 1 atom stereocenters. The number of carbonyl (C=O) groups is 2. The smallest absolute Gasteiger partial charge is 0.338 e. The van der Waals surface area contributed by atoms with Crippen LogP contribution in [0.3, 0.4) is 0 Å². The van der Waals surface area contributed by atoms with Gasteiger partial charge in [-0.1, -0.05) is 30.3 Å². The van der Waals surface area contributed by atoms with Gasteiger partial charge in [-0.05, 0) is 36.8 Å². The van der Waals surface area contributed by atoms with Crippen molar-refractivity contribution in [1.82, 2.24) is 10.6 Å². The normalized spacial score (nSPS) is 16.4. The van der Waals surface area contributed by atoms with E-state index < -0.39 is 23.9 Å². The summed E-state index contributed by atoms with van der Waals surface area (Å²) >= 11 is 0. The van der Waals surface area contributed by atoms with Crippen molar-refractivity contribution in [1.29, 1.82) is 0 Å². The van der Waals surface area contributed by atoms with Gasteiger partial charge in [0.15, 0.2) is 0 Å². The molecule has 1 aliphatic heterocycles. The van der Waals surface area contributed by atoms with Crippen molar-refractivity contribution in [3.8, 4) is 5.75 Å². The van der Waals surface area contributed by atoms with E-state index in [1.807, 2.05) is 18.2 Å². The summed E-state index contributed by atoms with van der Waals surface area (Å²) in [6.45, 7) is 1.82. The number of hydrogen-bond donors (Lipinski definition) is 2. The van der Waals surface area contributed by atoms with E-state index in [1.165, 1.54) is 18.2 Å². The summed E-state index contributed by atoms with van der Waals surface area (Å²) < 4.78 is 24.3. The quantitative estimate of drug-likeness (QED) is 0.605. The fourth-order valence-corrected chi connectivity index (χ4v) is 2.79. The minimum atomic E-state index is -0.794. The molecule has 0 bridgehead atoms. The molecule has 0 saturated heterocycles. The molecule has 2 aromatic rings. The maximum atomic E-state index is 13.6. The molecule has 140 valence electrons. The van der Waals surface area contributed by atoms with Crippen LogP contribution in [-0.4, -0.2) is 25.2 Å². The molecule has 1 aliphatic rings. The number of nitrogens with one attached hydrogen (secondary N) is 2. The number of urea groups is 1. The highest BCUT2D eigenvalue weighted by atomic mass is 19.1. The summed E-state index contributed by atoms with van der Waals surface area (Å²) in [5.41, 5.74) is 1.04. The van der Waals surface area contributed by atoms with E-state index in [4.69, 9.17) is 9.47 Å². The van der Waals surface area contributed by atoms with Crippen molar-refractivity contribution in [2.24, 2.45) is 0 Å². The highest BCUT2D eigenvalue weighted by Crippen LogP contribution is 2.27. The van der Waals surface area contributed by atoms with Gasteiger partial charge >= 0.3 is 12.0 Å². The highest BCUT2D eigenvalue weighted by Gasteiger charge is 2.32. The predicted molar refractivity (Wildman–Crippen MR) is 96.4 cm³/mol. The van der Waals surface area contributed by atoms with E-state index in [0.29, 0.717) is 17.0 Å². The Labute approximate surface area is 156 Å². The molecule has 0 aliphatic carbocycles. The molecule has 2 aromatic carbocycles. The zero-order valence-electron chi connectivity index (χ0n) is 14.7. The van der Waals surface area contributed by atoms with Crippen molar-refractivity contribution in [3.05, 3.63) is 77.2 Å². The Balaban J connectivity index is 1.68. The van der Waals surface area contributed by atoms with E-state index >= 15 is 0 Å². The lowest BCUT2D eigenvalue weighted by Crippen LogP contribution is -2.45. The van der Waals surface area contributed by atoms with Gasteiger partial charge in [0.05, 0.1) is 11.6 Å². The van der Waals surface area contributed by atoms with Crippen molar-refractivity contribution >= 4 is 12.0 Å². The first-order chi connectivity index (χ1) is 13.0. The van der Waals surface area contributed by atoms with E-state index in [1.54, 1.807) is 25.1 Å². The number of allylic oxidation sites excluding steroid dienone is 1. The van der Waals surface area contributed by atoms with Gasteiger partial charge in [-0.25, -0.2) is 14.0 Å². The van der Waals surface area contributed by atoms with Gasteiger partial charge in [-0.15, -0.1) is 0 Å². The molecule has 2 N–H and O–H groups in total. The molecule has 1 heterocycles. The molecule has 3 rings (SSSR count). The number of rotatable bonds is 6. The van der Waals surface area contributed by atoms with Crippen molar-refractivity contribution in [2.75, 3.05) is 13.2 Å². The molecule has 2 amide bonds. The molecule has 6 nitrogen and oxygen atoms in total. The maximum Gasteiger partial charge on any atom is 0.338 e. The minimum absolute atomic E-state index is 0.0360. The molecule has 0 spiro atoms. The average Bonchev–Trinajstić information content (AvgIpc) is 2.65. The lowest BCUT2D eigenvalue weighted by Gasteiger charge is -2.28. The van der Waals surface area contributed by atoms with Gasteiger partial charge in [-0.2, -0.15) is 0 Å². The van der Waals surface area contributed by atoms with Crippen LogP contribution in [0.5, 0.6) is 5.75 Å². The summed E-state index contributed by atoms with van der Waals surface area (Å²) in [7, 11) is 0. The third-order valence-electron chi connectivity index (χ3n) is 4.00. The number of amides is 2. The average molecular weight is 370 g/mol. The van der Waals surface area contributed by atoms with Crippen molar-refractivity contribution in [3.63, 3.8) is 0 Å². The fourth-order valence-electron chi connectivity index (χ4n) is 2.79. The lowest BCUT2D eigenvalue weighted by atomic mass is 9.95. The first kappa shape index (κ1) is 18.4. The zero-order valence-corrected chi connectivity index (χ0v) is 14.7. The molecule has 27 heavy (non-hydrogen) atoms. The van der Waals surface area contributed by atoms with Gasteiger partial charge in [-0.3, -0.25) is 0 Å². The van der Waals surface area contributed by atoms with Gasteiger partial charge in [0.2, 0.25) is 0 Å². The van der Waals surface area contributed by atoms with Crippen LogP contribution in [0, 0.1) is 5.82 Å². The van der Waals surface area contributed by atoms with Crippen LogP contribution in [0.2, 0.25) is 0 Å². The van der Waals surface area contributed by atoms with Crippen molar-refractivity contribution < 1.29 is 23.5 Å². The summed E-state index contributed by atoms with van der Waals surface area (Å²) in [4.78, 5) is 24.4. The highest BCUT2D eigenvalue weighted by molar-refractivity contribution is 5.95. The summed E-state index contributed by atoms with van der Waals surface area (Å²) in [6, 6.07) is 13.6. The number of halogens is 1. The largest absolute Gasteiger partial charge is 0.490 e. The fraction of sp³-hybridized carbons (Fsp3) is 0.200. The minimum Gasteiger partial charge on any atom is -0.490 e. The Morgan fingerprint density at radius 3 is 2.63 bits per heavy atom. The van der Waals surface area contributed by atoms with E-state index in [0.717, 1.165) is 0 Å². The topological polar surface area (TPSA) is 76.7 Å². The summed E-state index contributed by atoms with van der Waals surface area (Å²) in [5, 5.41) is 5.18. The third-order valence-corrected chi connectivity index (χ3v) is 4.00. The van der Waals surface area contributed by atoms with Crippen molar-refractivity contribution in [2.45, 2.75) is 13.0 Å². The third kappa shape index (κ3) is 4.63. The SMILES string of the molecule is CC1=C(C(=O)OCCOc2ccccc2)[C@@H](c2cccc(F)c2)NC(=O)N1. The molecule has 0 unspecified atom stereocenters. The Bertz CT molecular complexity index is 867. The monoisotopic (exact) mass is 370 g/mol. The van der Waals surface area contributed by atoms with Crippen LogP contribution in [0.25, 0.3) is 0 Å². The predicted octanol–water partition coefficient (Wildman–Crippen LogP) is 3.08. The molecular formula is C20H19FN2O4. The molecule has 0 aromatic heterocycles. The maximum absolute atomic E-state index is 13.6.